The van der Waals surface area contributed by atoms with Crippen molar-refractivity contribution in [3.05, 3.63) is 59.9 Å². The monoisotopic (exact) mass is 399 g/mol. The Labute approximate surface area is 170 Å². The number of aliphatic hydroxyl groups excluding tert-OH is 1. The zero-order chi connectivity index (χ0) is 21.2. The standard InChI is InChI=1S/C23H26FNO4/c1-23(2,3)29-22(28)25-18(13-17(14-26)21(25)27)12-15-8-10-16(11-9-15)19-6-4-5-7-20(19)24/h4-11,17-18,26H,12-14H2,1-3H3/t17?,18-/m1/s1. The molecule has 2 amide bonds. The van der Waals surface area contributed by atoms with E-state index >= 15 is 0 Å². The Bertz CT molecular complexity index is 888. The number of rotatable bonds is 4. The van der Waals surface area contributed by atoms with Crippen molar-refractivity contribution in [2.75, 3.05) is 6.61 Å². The van der Waals surface area contributed by atoms with Crippen molar-refractivity contribution in [1.29, 1.82) is 0 Å². The van der Waals surface area contributed by atoms with Gasteiger partial charge in [-0.2, -0.15) is 0 Å². The van der Waals surface area contributed by atoms with Crippen molar-refractivity contribution in [3.63, 3.8) is 0 Å². The molecule has 1 unspecified atom stereocenters. The van der Waals surface area contributed by atoms with E-state index in [1.165, 1.54) is 6.07 Å². The molecule has 0 bridgehead atoms. The van der Waals surface area contributed by atoms with Crippen LogP contribution in [-0.4, -0.2) is 40.3 Å². The molecule has 1 fully saturated rings. The number of carbonyl (C=O) groups excluding carboxylic acids is 2. The average molecular weight is 399 g/mol. The quantitative estimate of drug-likeness (QED) is 0.838. The summed E-state index contributed by atoms with van der Waals surface area (Å²) in [4.78, 5) is 26.3. The molecule has 0 aromatic heterocycles. The third kappa shape index (κ3) is 4.82. The highest BCUT2D eigenvalue weighted by molar-refractivity contribution is 5.95. The summed E-state index contributed by atoms with van der Waals surface area (Å²) in [5.41, 5.74) is 1.47. The molecule has 154 valence electrons. The molecule has 5 nitrogen and oxygen atoms in total. The number of ether oxygens (including phenoxy) is 1. The van der Waals surface area contributed by atoms with Crippen molar-refractivity contribution in [2.24, 2.45) is 5.92 Å². The Kier molecular flexibility index (Phi) is 6.03. The second-order valence-corrected chi connectivity index (χ2v) is 8.34. The number of halogens is 1. The fourth-order valence-corrected chi connectivity index (χ4v) is 3.58. The van der Waals surface area contributed by atoms with E-state index in [0.717, 1.165) is 16.0 Å². The number of nitrogens with zero attached hydrogens (tertiary/aromatic N) is 1. The molecular formula is C23H26FNO4. The van der Waals surface area contributed by atoms with Gasteiger partial charge in [0.25, 0.3) is 0 Å². The highest BCUT2D eigenvalue weighted by Crippen LogP contribution is 2.30. The molecule has 1 heterocycles. The minimum atomic E-state index is -0.722. The Morgan fingerprint density at radius 1 is 1.17 bits per heavy atom. The summed E-state index contributed by atoms with van der Waals surface area (Å²) in [5, 5.41) is 9.51. The van der Waals surface area contributed by atoms with Gasteiger partial charge < -0.3 is 9.84 Å². The van der Waals surface area contributed by atoms with E-state index in [1.54, 1.807) is 39.0 Å². The molecule has 3 rings (SSSR count). The average Bonchev–Trinajstić information content (AvgIpc) is 2.97. The van der Waals surface area contributed by atoms with E-state index in [-0.39, 0.29) is 12.4 Å². The maximum Gasteiger partial charge on any atom is 0.417 e. The van der Waals surface area contributed by atoms with Gasteiger partial charge in [-0.25, -0.2) is 14.1 Å². The summed E-state index contributed by atoms with van der Waals surface area (Å²) in [6.45, 7) is 4.92. The smallest absolute Gasteiger partial charge is 0.417 e. The highest BCUT2D eigenvalue weighted by Gasteiger charge is 2.44. The number of amides is 2. The highest BCUT2D eigenvalue weighted by atomic mass is 19.1. The van der Waals surface area contributed by atoms with Gasteiger partial charge in [0.1, 0.15) is 11.4 Å². The first-order chi connectivity index (χ1) is 13.7. The van der Waals surface area contributed by atoms with Gasteiger partial charge >= 0.3 is 6.09 Å². The summed E-state index contributed by atoms with van der Waals surface area (Å²) < 4.78 is 19.4. The van der Waals surface area contributed by atoms with E-state index in [4.69, 9.17) is 4.74 Å². The van der Waals surface area contributed by atoms with Gasteiger partial charge in [-0.3, -0.25) is 4.79 Å². The molecular weight excluding hydrogens is 373 g/mol. The third-order valence-electron chi connectivity index (χ3n) is 4.93. The molecule has 2 aromatic carbocycles. The van der Waals surface area contributed by atoms with Gasteiger partial charge in [0.2, 0.25) is 5.91 Å². The van der Waals surface area contributed by atoms with Crippen molar-refractivity contribution in [1.82, 2.24) is 4.90 Å². The van der Waals surface area contributed by atoms with Crippen molar-refractivity contribution < 1.29 is 23.8 Å². The summed E-state index contributed by atoms with van der Waals surface area (Å²) in [7, 11) is 0. The van der Waals surface area contributed by atoms with E-state index in [2.05, 4.69) is 0 Å². The minimum absolute atomic E-state index is 0.288. The number of aliphatic hydroxyl groups is 1. The molecule has 0 saturated carbocycles. The normalized spacial score (nSPS) is 19.5. The van der Waals surface area contributed by atoms with Gasteiger partial charge in [0.05, 0.1) is 12.5 Å². The molecule has 1 saturated heterocycles. The third-order valence-corrected chi connectivity index (χ3v) is 4.93. The van der Waals surface area contributed by atoms with Crippen LogP contribution in [0.4, 0.5) is 9.18 Å². The number of hydrogen-bond donors (Lipinski definition) is 1. The molecule has 0 aliphatic carbocycles. The summed E-state index contributed by atoms with van der Waals surface area (Å²) >= 11 is 0. The topological polar surface area (TPSA) is 66.8 Å². The lowest BCUT2D eigenvalue weighted by Crippen LogP contribution is -2.43. The summed E-state index contributed by atoms with van der Waals surface area (Å²) in [6.07, 6.45) is 0.134. The Balaban J connectivity index is 1.79. The lowest BCUT2D eigenvalue weighted by Gasteiger charge is -2.27. The molecule has 2 aromatic rings. The van der Waals surface area contributed by atoms with Gasteiger partial charge in [-0.1, -0.05) is 42.5 Å². The number of carbonyl (C=O) groups is 2. The SMILES string of the molecule is CC(C)(C)OC(=O)N1C(=O)C(CO)C[C@H]1Cc1ccc(-c2ccccc2F)cc1. The van der Waals surface area contributed by atoms with Crippen LogP contribution in [0.15, 0.2) is 48.5 Å². The zero-order valence-electron chi connectivity index (χ0n) is 16.9. The van der Waals surface area contributed by atoms with Crippen LogP contribution in [0.25, 0.3) is 11.1 Å². The van der Waals surface area contributed by atoms with Crippen LogP contribution in [0, 0.1) is 11.7 Å². The van der Waals surface area contributed by atoms with E-state index in [0.29, 0.717) is 18.4 Å². The molecule has 29 heavy (non-hydrogen) atoms. The van der Waals surface area contributed by atoms with E-state index < -0.39 is 29.6 Å². The molecule has 0 spiro atoms. The van der Waals surface area contributed by atoms with E-state index in [1.807, 2.05) is 24.3 Å². The fourth-order valence-electron chi connectivity index (χ4n) is 3.58. The molecule has 1 aliphatic rings. The Morgan fingerprint density at radius 2 is 1.83 bits per heavy atom. The predicted octanol–water partition coefficient (Wildman–Crippen LogP) is 4.18. The first kappa shape index (κ1) is 21.0. The second kappa shape index (κ2) is 8.33. The van der Waals surface area contributed by atoms with Crippen LogP contribution in [0.3, 0.4) is 0 Å². The Hall–Kier alpha value is -2.73. The van der Waals surface area contributed by atoms with Crippen LogP contribution in [0.2, 0.25) is 0 Å². The second-order valence-electron chi connectivity index (χ2n) is 8.34. The number of imide groups is 1. The van der Waals surface area contributed by atoms with Crippen LogP contribution in [0.1, 0.15) is 32.8 Å². The predicted molar refractivity (Wildman–Crippen MR) is 108 cm³/mol. The van der Waals surface area contributed by atoms with E-state index in [9.17, 15) is 19.1 Å². The lowest BCUT2D eigenvalue weighted by atomic mass is 9.98. The van der Waals surface area contributed by atoms with Crippen molar-refractivity contribution in [3.8, 4) is 11.1 Å². The largest absolute Gasteiger partial charge is 0.443 e. The first-order valence-corrected chi connectivity index (χ1v) is 9.70. The lowest BCUT2D eigenvalue weighted by molar-refractivity contribution is -0.132. The van der Waals surface area contributed by atoms with Crippen molar-refractivity contribution >= 4 is 12.0 Å². The Morgan fingerprint density at radius 3 is 2.41 bits per heavy atom. The zero-order valence-corrected chi connectivity index (χ0v) is 16.9. The van der Waals surface area contributed by atoms with Gasteiger partial charge in [0.15, 0.2) is 0 Å². The van der Waals surface area contributed by atoms with Crippen LogP contribution >= 0.6 is 0 Å². The number of benzene rings is 2. The van der Waals surface area contributed by atoms with Crippen molar-refractivity contribution in [2.45, 2.75) is 45.3 Å². The molecule has 1 aliphatic heterocycles. The fraction of sp³-hybridized carbons (Fsp3) is 0.391. The van der Waals surface area contributed by atoms with Crippen LogP contribution in [-0.2, 0) is 16.0 Å². The first-order valence-electron chi connectivity index (χ1n) is 9.70. The molecule has 2 atom stereocenters. The minimum Gasteiger partial charge on any atom is -0.443 e. The van der Waals surface area contributed by atoms with Crippen LogP contribution in [0.5, 0.6) is 0 Å². The summed E-state index contributed by atoms with van der Waals surface area (Å²) in [6, 6.07) is 13.6. The van der Waals surface area contributed by atoms with Gasteiger partial charge in [-0.15, -0.1) is 0 Å². The molecule has 0 radical (unpaired) electrons. The molecule has 1 N–H and O–H groups in total. The summed E-state index contributed by atoms with van der Waals surface area (Å²) in [5.74, 6) is -1.30. The maximum atomic E-state index is 14.0. The van der Waals surface area contributed by atoms with Crippen LogP contribution < -0.4 is 0 Å². The maximum absolute atomic E-state index is 14.0. The molecule has 6 heteroatoms. The number of hydrogen-bond acceptors (Lipinski definition) is 4. The number of likely N-dealkylation sites (tertiary alicyclic amines) is 1. The van der Waals surface area contributed by atoms with Gasteiger partial charge in [-0.05, 0) is 50.8 Å². The van der Waals surface area contributed by atoms with Gasteiger partial charge in [0, 0.05) is 11.6 Å².